The van der Waals surface area contributed by atoms with Crippen LogP contribution in [0.2, 0.25) is 0 Å². The third kappa shape index (κ3) is 1140. The zero-order chi connectivity index (χ0) is 10.7. The average molecular weight is 278 g/mol. The number of carbonyl (C=O) groups excluding carboxylic acids is 3. The minimum absolute atomic E-state index is 0. The van der Waals surface area contributed by atoms with Crippen LogP contribution in [0.15, 0.2) is 0 Å². The van der Waals surface area contributed by atoms with Gasteiger partial charge in [0, 0.05) is 11.9 Å². The van der Waals surface area contributed by atoms with Crippen molar-refractivity contribution in [2.45, 2.75) is 20.8 Å². The topological polar surface area (TPSA) is 97.3 Å². The first-order chi connectivity index (χ1) is 5.20. The van der Waals surface area contributed by atoms with E-state index in [1.807, 2.05) is 0 Å². The zero-order valence-electron chi connectivity index (χ0n) is 7.58. The van der Waals surface area contributed by atoms with Crippen molar-refractivity contribution in [3.8, 4) is 0 Å². The molecule has 0 aromatic heterocycles. The summed E-state index contributed by atoms with van der Waals surface area (Å²) >= 11 is 0. The molecule has 0 atom stereocenters. The maximum absolute atomic E-state index is 9.33. The summed E-state index contributed by atoms with van der Waals surface area (Å²) in [5, 5.41) is 17.8. The van der Waals surface area contributed by atoms with Gasteiger partial charge in [0.05, 0.1) is 0 Å². The van der Waals surface area contributed by atoms with Gasteiger partial charge in [-0.1, -0.05) is 0 Å². The fraction of sp³-hybridized carbons (Fsp3) is 0.429. The normalized spacial score (nSPS) is 5.77. The molecule has 0 N–H and O–H groups in total. The first-order valence-electron chi connectivity index (χ1n) is 2.87. The second-order valence-electron chi connectivity index (χ2n) is 1.69. The molecule has 6 heteroatoms. The number of carbonyl (C=O) groups is 3. The Morgan fingerprint density at radius 2 is 0.923 bits per heavy atom. The quantitative estimate of drug-likeness (QED) is 0.374. The van der Waals surface area contributed by atoms with Crippen LogP contribution in [0.3, 0.4) is 0 Å². The van der Waals surface area contributed by atoms with Crippen LogP contribution in [0.25, 0.3) is 0 Å². The third-order valence-corrected chi connectivity index (χ3v) is 0. The number of carboxylic acids is 2. The van der Waals surface area contributed by atoms with E-state index in [0.717, 1.165) is 13.8 Å². The van der Waals surface area contributed by atoms with Crippen LogP contribution in [0.5, 0.6) is 0 Å². The van der Waals surface area contributed by atoms with Gasteiger partial charge in [0.25, 0.3) is 0 Å². The van der Waals surface area contributed by atoms with Crippen LogP contribution >= 0.6 is 0 Å². The van der Waals surface area contributed by atoms with Gasteiger partial charge in [0.15, 0.2) is 0 Å². The number of Topliss-reactive ketones (excluding diaryl/α,β-unsaturated/α-hetero) is 1. The molecule has 78 valence electrons. The van der Waals surface area contributed by atoms with Crippen molar-refractivity contribution in [3.05, 3.63) is 6.92 Å². The smallest absolute Gasteiger partial charge is 0.550 e. The molecule has 0 saturated heterocycles. The van der Waals surface area contributed by atoms with Crippen molar-refractivity contribution in [3.63, 3.8) is 0 Å². The Morgan fingerprint density at radius 3 is 0.923 bits per heavy atom. The van der Waals surface area contributed by atoms with E-state index in [2.05, 4.69) is 6.92 Å². The Morgan fingerprint density at radius 1 is 0.923 bits per heavy atom. The van der Waals surface area contributed by atoms with Gasteiger partial charge in [-0.2, -0.15) is 0 Å². The van der Waals surface area contributed by atoms with Crippen molar-refractivity contribution in [2.24, 2.45) is 0 Å². The minimum atomic E-state index is -1.08. The maximum atomic E-state index is 9.33. The second kappa shape index (κ2) is 17.3. The number of hydrogen-bond acceptors (Lipinski definition) is 5. The van der Waals surface area contributed by atoms with Crippen molar-refractivity contribution in [1.29, 1.82) is 0 Å². The molecule has 5 nitrogen and oxygen atoms in total. The molecule has 0 amide bonds. The van der Waals surface area contributed by atoms with E-state index in [0.29, 0.717) is 0 Å². The second-order valence-corrected chi connectivity index (χ2v) is 1.69. The summed E-state index contributed by atoms with van der Waals surface area (Å²) < 4.78 is 0. The molecule has 0 spiro atoms. The van der Waals surface area contributed by atoms with E-state index in [-0.39, 0.29) is 25.3 Å². The molecule has 0 bridgehead atoms. The fourth-order valence-electron chi connectivity index (χ4n) is 0. The molecule has 0 saturated carbocycles. The molecule has 0 aliphatic heterocycles. The first-order valence-corrected chi connectivity index (χ1v) is 2.87. The summed E-state index contributed by atoms with van der Waals surface area (Å²) in [4.78, 5) is 27.1. The maximum Gasteiger partial charge on any atom is 3.00 e. The molecule has 0 aromatic rings. The third-order valence-electron chi connectivity index (χ3n) is 0. The minimum Gasteiger partial charge on any atom is -0.550 e. The number of rotatable bonds is 0. The predicted molar refractivity (Wildman–Crippen MR) is 37.4 cm³/mol. The Bertz CT molecular complexity index is 114. The van der Waals surface area contributed by atoms with Crippen molar-refractivity contribution in [1.82, 2.24) is 0 Å². The summed E-state index contributed by atoms with van der Waals surface area (Å²) in [6.45, 7) is 6.36. The molecular formula is C7H11O5Rh. The Hall–Kier alpha value is -0.897. The summed E-state index contributed by atoms with van der Waals surface area (Å²) in [5.74, 6) is -2.25. The molecule has 0 heterocycles. The standard InChI is InChI=1S/C3H5O.2C2H4O2.Rh/c1-3(2)4;2*1-2(3)4;/h1H2,2H3;2*1H3,(H,3,4);/q-1;;;+3/p-2. The monoisotopic (exact) mass is 278 g/mol. The average Bonchev–Trinajstić information content (AvgIpc) is 1.54. The summed E-state index contributed by atoms with van der Waals surface area (Å²) in [6, 6.07) is 0. The van der Waals surface area contributed by atoms with Crippen LogP contribution in [0.4, 0.5) is 0 Å². The van der Waals surface area contributed by atoms with Crippen molar-refractivity contribution >= 4 is 17.7 Å². The van der Waals surface area contributed by atoms with Gasteiger partial charge < -0.3 is 31.5 Å². The van der Waals surface area contributed by atoms with E-state index in [4.69, 9.17) is 19.8 Å². The van der Waals surface area contributed by atoms with Crippen LogP contribution in [0.1, 0.15) is 20.8 Å². The Labute approximate surface area is 89.9 Å². The number of ketones is 1. The van der Waals surface area contributed by atoms with Crippen LogP contribution in [0, 0.1) is 6.92 Å². The number of hydrogen-bond donors (Lipinski definition) is 0. The predicted octanol–water partition coefficient (Wildman–Crippen LogP) is -2.08. The Kier molecular flexibility index (Phi) is 30.2. The largest absolute Gasteiger partial charge is 3.00 e. The van der Waals surface area contributed by atoms with Gasteiger partial charge in [0.1, 0.15) is 0 Å². The van der Waals surface area contributed by atoms with E-state index < -0.39 is 11.9 Å². The SMILES string of the molecule is CC(=O)[O-].CC(=O)[O-].[CH2-]C(C)=O.[Rh+3]. The van der Waals surface area contributed by atoms with Gasteiger partial charge >= 0.3 is 19.5 Å². The van der Waals surface area contributed by atoms with Crippen molar-refractivity contribution < 1.29 is 44.1 Å². The number of carboxylic acid groups (broad SMARTS) is 2. The van der Waals surface area contributed by atoms with Gasteiger partial charge in [0.2, 0.25) is 0 Å². The van der Waals surface area contributed by atoms with E-state index in [1.54, 1.807) is 0 Å². The zero-order valence-corrected chi connectivity index (χ0v) is 9.22. The molecule has 0 aliphatic carbocycles. The first kappa shape index (κ1) is 22.7. The molecule has 0 radical (unpaired) electrons. The van der Waals surface area contributed by atoms with Crippen LogP contribution in [-0.2, 0) is 33.9 Å². The molecule has 0 unspecified atom stereocenters. The van der Waals surface area contributed by atoms with Crippen LogP contribution < -0.4 is 10.2 Å². The molecule has 0 aliphatic rings. The fourth-order valence-corrected chi connectivity index (χ4v) is 0. The van der Waals surface area contributed by atoms with Gasteiger partial charge in [-0.25, -0.2) is 0 Å². The number of aliphatic carboxylic acids is 2. The summed E-state index contributed by atoms with van der Waals surface area (Å²) in [5.41, 5.74) is 0. The molecule has 0 aromatic carbocycles. The van der Waals surface area contributed by atoms with Gasteiger partial charge in [-0.05, 0) is 26.6 Å². The molecule has 0 rings (SSSR count). The van der Waals surface area contributed by atoms with Gasteiger partial charge in [-0.15, -0.1) is 0 Å². The summed E-state index contributed by atoms with van der Waals surface area (Å²) in [6.07, 6.45) is 0. The summed E-state index contributed by atoms with van der Waals surface area (Å²) in [7, 11) is 0. The van der Waals surface area contributed by atoms with Gasteiger partial charge in [-0.3, -0.25) is 0 Å². The molecule has 0 fully saturated rings. The molecule has 13 heavy (non-hydrogen) atoms. The Balaban J connectivity index is -0.0000000450. The van der Waals surface area contributed by atoms with E-state index in [1.165, 1.54) is 6.92 Å². The van der Waals surface area contributed by atoms with Crippen molar-refractivity contribution in [2.75, 3.05) is 0 Å². The van der Waals surface area contributed by atoms with E-state index in [9.17, 15) is 4.79 Å². The molecular weight excluding hydrogens is 267 g/mol. The van der Waals surface area contributed by atoms with E-state index >= 15 is 0 Å². The van der Waals surface area contributed by atoms with Crippen LogP contribution in [-0.4, -0.2) is 17.7 Å².